The van der Waals surface area contributed by atoms with Crippen LogP contribution < -0.4 is 10.1 Å². The Morgan fingerprint density at radius 2 is 2.05 bits per heavy atom. The van der Waals surface area contributed by atoms with Crippen molar-refractivity contribution in [3.05, 3.63) is 34.3 Å². The third kappa shape index (κ3) is 3.65. The Hall–Kier alpha value is -1.66. The fourth-order valence-electron chi connectivity index (χ4n) is 1.30. The monoisotopic (exact) mass is 302 g/mol. The van der Waals surface area contributed by atoms with Gasteiger partial charge >= 0.3 is 6.01 Å². The Labute approximate surface area is 118 Å². The standard InChI is InChI=1S/C11H9Cl2FN4O/c1-2-19-11-17-9(13)16-10(18-11)15-8-5-6(14)3-4-7(8)12/h3-5H,2H2,1H3,(H,15,16,17,18). The van der Waals surface area contributed by atoms with E-state index in [0.717, 1.165) is 0 Å². The summed E-state index contributed by atoms with van der Waals surface area (Å²) < 4.78 is 18.3. The van der Waals surface area contributed by atoms with Crippen molar-refractivity contribution in [3.8, 4) is 6.01 Å². The van der Waals surface area contributed by atoms with Crippen molar-refractivity contribution in [3.63, 3.8) is 0 Å². The van der Waals surface area contributed by atoms with Crippen LogP contribution in [0, 0.1) is 5.82 Å². The minimum atomic E-state index is -0.433. The van der Waals surface area contributed by atoms with Gasteiger partial charge in [0.2, 0.25) is 11.2 Å². The van der Waals surface area contributed by atoms with Gasteiger partial charge in [0.25, 0.3) is 0 Å². The molecule has 8 heteroatoms. The quantitative estimate of drug-likeness (QED) is 0.937. The molecule has 0 aliphatic heterocycles. The molecule has 0 atom stereocenters. The molecule has 0 saturated carbocycles. The van der Waals surface area contributed by atoms with Gasteiger partial charge in [-0.05, 0) is 36.7 Å². The molecule has 0 aliphatic carbocycles. The summed E-state index contributed by atoms with van der Waals surface area (Å²) in [5.41, 5.74) is 0.325. The summed E-state index contributed by atoms with van der Waals surface area (Å²) in [6.07, 6.45) is 0. The number of hydrogen-bond acceptors (Lipinski definition) is 5. The average molecular weight is 303 g/mol. The second kappa shape index (κ2) is 5.99. The Morgan fingerprint density at radius 1 is 1.26 bits per heavy atom. The average Bonchev–Trinajstić information content (AvgIpc) is 2.33. The summed E-state index contributed by atoms with van der Waals surface area (Å²) in [7, 11) is 0. The van der Waals surface area contributed by atoms with Gasteiger partial charge < -0.3 is 10.1 Å². The number of ether oxygens (including phenoxy) is 1. The molecule has 19 heavy (non-hydrogen) atoms. The molecule has 0 bridgehead atoms. The molecule has 1 aromatic carbocycles. The van der Waals surface area contributed by atoms with Crippen molar-refractivity contribution >= 4 is 34.8 Å². The molecule has 2 aromatic rings. The summed E-state index contributed by atoms with van der Waals surface area (Å²) in [5, 5.41) is 3.05. The van der Waals surface area contributed by atoms with Crippen LogP contribution in [0.5, 0.6) is 6.01 Å². The number of anilines is 2. The van der Waals surface area contributed by atoms with E-state index in [1.165, 1.54) is 18.2 Å². The van der Waals surface area contributed by atoms with E-state index in [-0.39, 0.29) is 17.2 Å². The Kier molecular flexibility index (Phi) is 4.34. The maximum atomic E-state index is 13.1. The minimum Gasteiger partial charge on any atom is -0.464 e. The van der Waals surface area contributed by atoms with Gasteiger partial charge in [-0.1, -0.05) is 11.6 Å². The molecule has 2 rings (SSSR count). The van der Waals surface area contributed by atoms with Crippen LogP contribution in [0.15, 0.2) is 18.2 Å². The van der Waals surface area contributed by atoms with Crippen LogP contribution in [0.25, 0.3) is 0 Å². The fraction of sp³-hybridized carbons (Fsp3) is 0.182. The topological polar surface area (TPSA) is 59.9 Å². The second-order valence-corrected chi connectivity index (χ2v) is 4.14. The van der Waals surface area contributed by atoms with Gasteiger partial charge in [0.15, 0.2) is 0 Å². The number of halogens is 3. The molecule has 1 heterocycles. The highest BCUT2D eigenvalue weighted by atomic mass is 35.5. The largest absolute Gasteiger partial charge is 0.464 e. The molecule has 0 radical (unpaired) electrons. The van der Waals surface area contributed by atoms with E-state index in [0.29, 0.717) is 17.3 Å². The van der Waals surface area contributed by atoms with Crippen molar-refractivity contribution < 1.29 is 9.13 Å². The van der Waals surface area contributed by atoms with Crippen molar-refractivity contribution in [1.29, 1.82) is 0 Å². The Morgan fingerprint density at radius 3 is 2.79 bits per heavy atom. The van der Waals surface area contributed by atoms with E-state index in [1.807, 2.05) is 0 Å². The van der Waals surface area contributed by atoms with E-state index in [1.54, 1.807) is 6.92 Å². The molecule has 0 saturated heterocycles. The molecule has 0 unspecified atom stereocenters. The first kappa shape index (κ1) is 13.8. The van der Waals surface area contributed by atoms with E-state index < -0.39 is 5.82 Å². The van der Waals surface area contributed by atoms with Crippen LogP contribution >= 0.6 is 23.2 Å². The molecular formula is C11H9Cl2FN4O. The van der Waals surface area contributed by atoms with Gasteiger partial charge in [0.1, 0.15) is 5.82 Å². The maximum Gasteiger partial charge on any atom is 0.322 e. The van der Waals surface area contributed by atoms with Crippen LogP contribution in [-0.4, -0.2) is 21.6 Å². The zero-order chi connectivity index (χ0) is 13.8. The first-order valence-corrected chi connectivity index (χ1v) is 6.10. The molecule has 0 amide bonds. The molecule has 1 aromatic heterocycles. The van der Waals surface area contributed by atoms with E-state index >= 15 is 0 Å². The van der Waals surface area contributed by atoms with Gasteiger partial charge in [0.05, 0.1) is 17.3 Å². The number of benzene rings is 1. The number of nitrogens with zero attached hydrogens (tertiary/aromatic N) is 3. The van der Waals surface area contributed by atoms with Crippen molar-refractivity contribution in [2.45, 2.75) is 6.92 Å². The second-order valence-electron chi connectivity index (χ2n) is 3.39. The van der Waals surface area contributed by atoms with Gasteiger partial charge in [-0.2, -0.15) is 15.0 Å². The van der Waals surface area contributed by atoms with Crippen LogP contribution in [0.2, 0.25) is 10.3 Å². The molecule has 0 fully saturated rings. The highest BCUT2D eigenvalue weighted by Gasteiger charge is 2.08. The summed E-state index contributed by atoms with van der Waals surface area (Å²) >= 11 is 11.7. The van der Waals surface area contributed by atoms with Crippen LogP contribution in [-0.2, 0) is 0 Å². The molecule has 0 aliphatic rings. The third-order valence-corrected chi connectivity index (χ3v) is 2.53. The summed E-state index contributed by atoms with van der Waals surface area (Å²) in [6, 6.07) is 3.98. The van der Waals surface area contributed by atoms with Gasteiger partial charge in [-0.3, -0.25) is 0 Å². The molecule has 0 spiro atoms. The normalized spacial score (nSPS) is 10.3. The SMILES string of the molecule is CCOc1nc(Cl)nc(Nc2cc(F)ccc2Cl)n1. The fourth-order valence-corrected chi connectivity index (χ4v) is 1.61. The number of aromatic nitrogens is 3. The number of hydrogen-bond donors (Lipinski definition) is 1. The summed E-state index contributed by atoms with van der Waals surface area (Å²) in [6.45, 7) is 2.18. The minimum absolute atomic E-state index is 0.0338. The molecule has 100 valence electrons. The van der Waals surface area contributed by atoms with E-state index in [9.17, 15) is 4.39 Å². The van der Waals surface area contributed by atoms with Crippen molar-refractivity contribution in [2.24, 2.45) is 0 Å². The summed E-state index contributed by atoms with van der Waals surface area (Å²) in [4.78, 5) is 11.6. The first-order chi connectivity index (χ1) is 9.08. The smallest absolute Gasteiger partial charge is 0.322 e. The molecular weight excluding hydrogens is 294 g/mol. The Balaban J connectivity index is 2.29. The van der Waals surface area contributed by atoms with Gasteiger partial charge in [-0.15, -0.1) is 0 Å². The predicted molar refractivity (Wildman–Crippen MR) is 70.7 cm³/mol. The first-order valence-electron chi connectivity index (χ1n) is 5.35. The number of nitrogens with one attached hydrogen (secondary N) is 1. The zero-order valence-electron chi connectivity index (χ0n) is 9.82. The van der Waals surface area contributed by atoms with Crippen LogP contribution in [0.1, 0.15) is 6.92 Å². The van der Waals surface area contributed by atoms with Crippen LogP contribution in [0.4, 0.5) is 16.0 Å². The lowest BCUT2D eigenvalue weighted by Gasteiger charge is -2.08. The number of rotatable bonds is 4. The van der Waals surface area contributed by atoms with E-state index in [4.69, 9.17) is 27.9 Å². The van der Waals surface area contributed by atoms with Gasteiger partial charge in [-0.25, -0.2) is 4.39 Å². The molecule has 1 N–H and O–H groups in total. The predicted octanol–water partition coefficient (Wildman–Crippen LogP) is 3.46. The maximum absolute atomic E-state index is 13.1. The lowest BCUT2D eigenvalue weighted by atomic mass is 10.3. The third-order valence-electron chi connectivity index (χ3n) is 2.04. The highest BCUT2D eigenvalue weighted by Crippen LogP contribution is 2.25. The van der Waals surface area contributed by atoms with Crippen molar-refractivity contribution in [2.75, 3.05) is 11.9 Å². The van der Waals surface area contributed by atoms with Crippen LogP contribution in [0.3, 0.4) is 0 Å². The Bertz CT molecular complexity index is 597. The zero-order valence-corrected chi connectivity index (χ0v) is 11.3. The lowest BCUT2D eigenvalue weighted by molar-refractivity contribution is 0.312. The molecule has 5 nitrogen and oxygen atoms in total. The lowest BCUT2D eigenvalue weighted by Crippen LogP contribution is -2.04. The highest BCUT2D eigenvalue weighted by molar-refractivity contribution is 6.33. The van der Waals surface area contributed by atoms with E-state index in [2.05, 4.69) is 20.3 Å². The van der Waals surface area contributed by atoms with Gasteiger partial charge in [0, 0.05) is 0 Å². The summed E-state index contributed by atoms with van der Waals surface area (Å²) in [5.74, 6) is -0.312. The van der Waals surface area contributed by atoms with Crippen molar-refractivity contribution in [1.82, 2.24) is 15.0 Å².